The lowest BCUT2D eigenvalue weighted by Crippen LogP contribution is -2.13. The fraction of sp³-hybridized carbons (Fsp3) is 0.438. The van der Waals surface area contributed by atoms with E-state index in [9.17, 15) is 4.79 Å². The minimum atomic E-state index is -0.186. The molecule has 0 N–H and O–H groups in total. The number of halogens is 1. The van der Waals surface area contributed by atoms with E-state index in [1.807, 2.05) is 35.0 Å². The molecule has 3 nitrogen and oxygen atoms in total. The smallest absolute Gasteiger partial charge is 0.325 e. The SMILES string of the molecule is CCCCCCOC(=O)Cn1ccc2cc(Cl)ccc21. The van der Waals surface area contributed by atoms with Crippen LogP contribution < -0.4 is 0 Å². The quantitative estimate of drug-likeness (QED) is 0.559. The number of fused-ring (bicyclic) bond motifs is 1. The van der Waals surface area contributed by atoms with Gasteiger partial charge in [0.2, 0.25) is 0 Å². The second kappa shape index (κ2) is 7.34. The summed E-state index contributed by atoms with van der Waals surface area (Å²) in [6.45, 7) is 2.93. The van der Waals surface area contributed by atoms with Crippen molar-refractivity contribution >= 4 is 28.5 Å². The van der Waals surface area contributed by atoms with E-state index in [1.165, 1.54) is 12.8 Å². The van der Waals surface area contributed by atoms with Crippen molar-refractivity contribution in [1.82, 2.24) is 4.57 Å². The van der Waals surface area contributed by atoms with Gasteiger partial charge in [-0.1, -0.05) is 37.8 Å². The molecule has 0 unspecified atom stereocenters. The topological polar surface area (TPSA) is 31.2 Å². The van der Waals surface area contributed by atoms with Crippen LogP contribution in [-0.2, 0) is 16.1 Å². The first kappa shape index (κ1) is 14.9. The van der Waals surface area contributed by atoms with Crippen molar-refractivity contribution in [2.24, 2.45) is 0 Å². The van der Waals surface area contributed by atoms with Crippen LogP contribution in [0.3, 0.4) is 0 Å². The number of esters is 1. The first-order chi connectivity index (χ1) is 9.70. The van der Waals surface area contributed by atoms with Gasteiger partial charge in [0.15, 0.2) is 0 Å². The lowest BCUT2D eigenvalue weighted by atomic mass is 10.2. The molecule has 0 saturated heterocycles. The molecule has 0 saturated carbocycles. The summed E-state index contributed by atoms with van der Waals surface area (Å²) in [6.07, 6.45) is 6.34. The van der Waals surface area contributed by atoms with Crippen molar-refractivity contribution in [3.05, 3.63) is 35.5 Å². The fourth-order valence-electron chi connectivity index (χ4n) is 2.21. The minimum absolute atomic E-state index is 0.186. The molecule has 0 spiro atoms. The van der Waals surface area contributed by atoms with Crippen LogP contribution in [-0.4, -0.2) is 17.1 Å². The molecule has 0 fully saturated rings. The molecule has 4 heteroatoms. The summed E-state index contributed by atoms with van der Waals surface area (Å²) in [5, 5.41) is 1.74. The zero-order valence-corrected chi connectivity index (χ0v) is 12.5. The van der Waals surface area contributed by atoms with Gasteiger partial charge < -0.3 is 9.30 Å². The number of hydrogen-bond acceptors (Lipinski definition) is 2. The van der Waals surface area contributed by atoms with Gasteiger partial charge in [0, 0.05) is 22.1 Å². The van der Waals surface area contributed by atoms with Crippen molar-refractivity contribution in [3.8, 4) is 0 Å². The first-order valence-corrected chi connectivity index (χ1v) is 7.48. The Balaban J connectivity index is 1.87. The van der Waals surface area contributed by atoms with Gasteiger partial charge in [0.25, 0.3) is 0 Å². The van der Waals surface area contributed by atoms with Crippen LogP contribution in [0.25, 0.3) is 10.9 Å². The van der Waals surface area contributed by atoms with Crippen molar-refractivity contribution < 1.29 is 9.53 Å². The number of rotatable bonds is 7. The van der Waals surface area contributed by atoms with Gasteiger partial charge in [-0.2, -0.15) is 0 Å². The van der Waals surface area contributed by atoms with Gasteiger partial charge in [0.1, 0.15) is 6.54 Å². The lowest BCUT2D eigenvalue weighted by molar-refractivity contribution is -0.144. The third-order valence-electron chi connectivity index (χ3n) is 3.29. The highest BCUT2D eigenvalue weighted by molar-refractivity contribution is 6.31. The van der Waals surface area contributed by atoms with Crippen molar-refractivity contribution in [2.45, 2.75) is 39.2 Å². The summed E-state index contributed by atoms with van der Waals surface area (Å²) in [5.41, 5.74) is 0.998. The van der Waals surface area contributed by atoms with Crippen molar-refractivity contribution in [1.29, 1.82) is 0 Å². The van der Waals surface area contributed by atoms with E-state index >= 15 is 0 Å². The predicted molar refractivity (Wildman–Crippen MR) is 82.0 cm³/mol. The molecule has 1 heterocycles. The molecule has 0 aliphatic carbocycles. The standard InChI is InChI=1S/C16H20ClNO2/c1-2-3-4-5-10-20-16(19)12-18-9-8-13-11-14(17)6-7-15(13)18/h6-9,11H,2-5,10,12H2,1H3. The Morgan fingerprint density at radius 2 is 2.10 bits per heavy atom. The Bertz CT molecular complexity index is 577. The van der Waals surface area contributed by atoms with Crippen LogP contribution in [0.4, 0.5) is 0 Å². The summed E-state index contributed by atoms with van der Waals surface area (Å²) in [7, 11) is 0. The Labute approximate surface area is 124 Å². The Kier molecular flexibility index (Phi) is 5.48. The maximum atomic E-state index is 11.8. The Morgan fingerprint density at radius 3 is 2.90 bits per heavy atom. The summed E-state index contributed by atoms with van der Waals surface area (Å²) in [6, 6.07) is 7.60. The number of ether oxygens (including phenoxy) is 1. The number of carbonyl (C=O) groups is 1. The number of nitrogens with zero attached hydrogens (tertiary/aromatic N) is 1. The van der Waals surface area contributed by atoms with Crippen LogP contribution in [0.15, 0.2) is 30.5 Å². The van der Waals surface area contributed by atoms with Crippen LogP contribution >= 0.6 is 11.6 Å². The molecule has 0 radical (unpaired) electrons. The molecule has 2 rings (SSSR count). The number of benzene rings is 1. The van der Waals surface area contributed by atoms with Gasteiger partial charge >= 0.3 is 5.97 Å². The van der Waals surface area contributed by atoms with Gasteiger partial charge in [-0.25, -0.2) is 0 Å². The van der Waals surface area contributed by atoms with E-state index in [0.29, 0.717) is 11.6 Å². The minimum Gasteiger partial charge on any atom is -0.464 e. The highest BCUT2D eigenvalue weighted by atomic mass is 35.5. The number of aromatic nitrogens is 1. The highest BCUT2D eigenvalue weighted by Gasteiger charge is 2.07. The zero-order valence-electron chi connectivity index (χ0n) is 11.8. The van der Waals surface area contributed by atoms with Gasteiger partial charge in [-0.3, -0.25) is 4.79 Å². The molecule has 20 heavy (non-hydrogen) atoms. The Hall–Kier alpha value is -1.48. The molecule has 0 aliphatic rings. The molecule has 2 aromatic rings. The number of hydrogen-bond donors (Lipinski definition) is 0. The predicted octanol–water partition coefficient (Wildman–Crippen LogP) is 4.42. The molecule has 1 aromatic carbocycles. The maximum Gasteiger partial charge on any atom is 0.325 e. The lowest BCUT2D eigenvalue weighted by Gasteiger charge is -2.07. The van der Waals surface area contributed by atoms with Gasteiger partial charge in [0.05, 0.1) is 6.61 Å². The van der Waals surface area contributed by atoms with Crippen LogP contribution in [0.1, 0.15) is 32.6 Å². The van der Waals surface area contributed by atoms with E-state index in [1.54, 1.807) is 0 Å². The molecule has 0 bridgehead atoms. The maximum absolute atomic E-state index is 11.8. The van der Waals surface area contributed by atoms with Gasteiger partial charge in [-0.15, -0.1) is 0 Å². The summed E-state index contributed by atoms with van der Waals surface area (Å²) >= 11 is 5.94. The average Bonchev–Trinajstić information content (AvgIpc) is 2.81. The van der Waals surface area contributed by atoms with Crippen LogP contribution in [0.5, 0.6) is 0 Å². The normalized spacial score (nSPS) is 10.9. The summed E-state index contributed by atoms with van der Waals surface area (Å²) in [5.74, 6) is -0.186. The highest BCUT2D eigenvalue weighted by Crippen LogP contribution is 2.20. The van der Waals surface area contributed by atoms with Crippen molar-refractivity contribution in [3.63, 3.8) is 0 Å². The second-order valence-corrected chi connectivity index (χ2v) is 5.36. The zero-order chi connectivity index (χ0) is 14.4. The van der Waals surface area contributed by atoms with E-state index < -0.39 is 0 Å². The second-order valence-electron chi connectivity index (χ2n) is 4.93. The number of carbonyl (C=O) groups excluding carboxylic acids is 1. The summed E-state index contributed by atoms with van der Waals surface area (Å²) in [4.78, 5) is 11.8. The van der Waals surface area contributed by atoms with E-state index in [-0.39, 0.29) is 12.5 Å². The molecule has 108 valence electrons. The van der Waals surface area contributed by atoms with E-state index in [4.69, 9.17) is 16.3 Å². The summed E-state index contributed by atoms with van der Waals surface area (Å²) < 4.78 is 7.14. The largest absolute Gasteiger partial charge is 0.464 e. The van der Waals surface area contributed by atoms with Gasteiger partial charge in [-0.05, 0) is 30.7 Å². The monoisotopic (exact) mass is 293 g/mol. The molecule has 0 amide bonds. The fourth-order valence-corrected chi connectivity index (χ4v) is 2.39. The van der Waals surface area contributed by atoms with Crippen LogP contribution in [0, 0.1) is 0 Å². The Morgan fingerprint density at radius 1 is 1.25 bits per heavy atom. The average molecular weight is 294 g/mol. The molecular formula is C16H20ClNO2. The van der Waals surface area contributed by atoms with E-state index in [2.05, 4.69) is 6.92 Å². The molecule has 0 atom stereocenters. The van der Waals surface area contributed by atoms with Crippen molar-refractivity contribution in [2.75, 3.05) is 6.61 Å². The van der Waals surface area contributed by atoms with Crippen LogP contribution in [0.2, 0.25) is 5.02 Å². The first-order valence-electron chi connectivity index (χ1n) is 7.10. The third-order valence-corrected chi connectivity index (χ3v) is 3.53. The molecule has 1 aromatic heterocycles. The number of unbranched alkanes of at least 4 members (excludes halogenated alkanes) is 3. The molecule has 0 aliphatic heterocycles. The van der Waals surface area contributed by atoms with E-state index in [0.717, 1.165) is 23.7 Å². The third kappa shape index (κ3) is 4.01. The molecular weight excluding hydrogens is 274 g/mol.